The Labute approximate surface area is 179 Å². The van der Waals surface area contributed by atoms with Gasteiger partial charge in [-0.15, -0.1) is 0 Å². The highest BCUT2D eigenvalue weighted by Crippen LogP contribution is 2.29. The Hall–Kier alpha value is -2.22. The fraction of sp³-hybridized carbons (Fsp3) is 0.435. The topological polar surface area (TPSA) is 73.8 Å². The van der Waals surface area contributed by atoms with Gasteiger partial charge in [0.25, 0.3) is 0 Å². The lowest BCUT2D eigenvalue weighted by atomic mass is 9.85. The quantitative estimate of drug-likeness (QED) is 0.788. The van der Waals surface area contributed by atoms with E-state index in [0.29, 0.717) is 37.4 Å². The van der Waals surface area contributed by atoms with Gasteiger partial charge in [-0.2, -0.15) is 4.31 Å². The summed E-state index contributed by atoms with van der Waals surface area (Å²) in [6.45, 7) is 7.28. The molecule has 2 N–H and O–H groups in total. The Morgan fingerprint density at radius 3 is 2.23 bits per heavy atom. The minimum Gasteiger partial charge on any atom is -0.368 e. The smallest absolute Gasteiger partial charge is 0.243 e. The molecule has 0 atom stereocenters. The molecule has 0 amide bonds. The maximum absolute atomic E-state index is 13.0. The summed E-state index contributed by atoms with van der Waals surface area (Å²) in [6.07, 6.45) is 1.41. The molecule has 160 valence electrons. The zero-order valence-corrected chi connectivity index (χ0v) is 18.5. The van der Waals surface area contributed by atoms with E-state index in [1.54, 1.807) is 16.4 Å². The Kier molecular flexibility index (Phi) is 5.95. The predicted molar refractivity (Wildman–Crippen MR) is 120 cm³/mol. The van der Waals surface area contributed by atoms with Gasteiger partial charge in [0.15, 0.2) is 0 Å². The lowest BCUT2D eigenvalue weighted by Crippen LogP contribution is -2.64. The van der Waals surface area contributed by atoms with Crippen LogP contribution in [0, 0.1) is 13.8 Å². The van der Waals surface area contributed by atoms with Crippen molar-refractivity contribution in [2.45, 2.75) is 43.7 Å². The zero-order valence-electron chi connectivity index (χ0n) is 17.7. The highest BCUT2D eigenvalue weighted by molar-refractivity contribution is 7.89. The summed E-state index contributed by atoms with van der Waals surface area (Å²) in [7, 11) is -3.47. The second-order valence-electron chi connectivity index (χ2n) is 8.30. The normalized spacial score (nSPS) is 19.5. The first-order chi connectivity index (χ1) is 14.4. The molecule has 0 saturated carbocycles. The van der Waals surface area contributed by atoms with Crippen molar-refractivity contribution in [3.8, 4) is 0 Å². The largest absolute Gasteiger partial charge is 0.368 e. The third-order valence-electron chi connectivity index (χ3n) is 6.11. The van der Waals surface area contributed by atoms with Gasteiger partial charge in [0.1, 0.15) is 5.84 Å². The summed E-state index contributed by atoms with van der Waals surface area (Å²) >= 11 is 0. The minimum atomic E-state index is -3.47. The van der Waals surface area contributed by atoms with Crippen LogP contribution in [-0.2, 0) is 16.6 Å². The summed E-state index contributed by atoms with van der Waals surface area (Å²) in [4.78, 5) is 5.14. The molecule has 0 aliphatic carbocycles. The van der Waals surface area contributed by atoms with Crippen LogP contribution in [0.1, 0.15) is 29.5 Å². The summed E-state index contributed by atoms with van der Waals surface area (Å²) in [6, 6.07) is 15.6. The summed E-state index contributed by atoms with van der Waals surface area (Å²) in [5, 5.41) is 7.16. The van der Waals surface area contributed by atoms with Gasteiger partial charge in [0.2, 0.25) is 10.0 Å². The van der Waals surface area contributed by atoms with E-state index in [1.807, 2.05) is 19.1 Å². The second-order valence-corrected chi connectivity index (χ2v) is 10.2. The molecule has 6 nitrogen and oxygen atoms in total. The molecule has 2 aliphatic rings. The fourth-order valence-corrected chi connectivity index (χ4v) is 5.64. The van der Waals surface area contributed by atoms with E-state index in [-0.39, 0.29) is 5.54 Å². The average Bonchev–Trinajstić information content (AvgIpc) is 2.75. The summed E-state index contributed by atoms with van der Waals surface area (Å²) < 4.78 is 27.7. The van der Waals surface area contributed by atoms with E-state index in [4.69, 9.17) is 4.99 Å². The first-order valence-corrected chi connectivity index (χ1v) is 12.0. The molecule has 0 radical (unpaired) electrons. The molecule has 1 saturated heterocycles. The van der Waals surface area contributed by atoms with Crippen molar-refractivity contribution in [3.05, 3.63) is 65.2 Å². The van der Waals surface area contributed by atoms with Crippen molar-refractivity contribution >= 4 is 15.9 Å². The van der Waals surface area contributed by atoms with Crippen molar-refractivity contribution in [2.24, 2.45) is 4.99 Å². The molecular weight excluding hydrogens is 396 g/mol. The maximum atomic E-state index is 13.0. The highest BCUT2D eigenvalue weighted by Gasteiger charge is 2.43. The summed E-state index contributed by atoms with van der Waals surface area (Å²) in [5.41, 5.74) is 3.23. The number of nitrogens with zero attached hydrogens (tertiary/aromatic N) is 2. The molecule has 2 aliphatic heterocycles. The van der Waals surface area contributed by atoms with Crippen LogP contribution in [0.15, 0.2) is 58.4 Å². The first kappa shape index (κ1) is 21.0. The van der Waals surface area contributed by atoms with E-state index in [2.05, 4.69) is 41.8 Å². The van der Waals surface area contributed by atoms with Crippen LogP contribution in [0.3, 0.4) is 0 Å². The lowest BCUT2D eigenvalue weighted by Gasteiger charge is -2.44. The van der Waals surface area contributed by atoms with Gasteiger partial charge in [0, 0.05) is 26.2 Å². The van der Waals surface area contributed by atoms with Crippen LogP contribution in [0.2, 0.25) is 0 Å². The van der Waals surface area contributed by atoms with Gasteiger partial charge in [0.05, 0.1) is 17.0 Å². The standard InChI is InChI=1S/C23H30N4O2S/c1-18-3-7-20(8-4-18)17-25-22-23(26-14-13-24-22)11-15-27(16-12-23)30(28,29)21-9-5-19(2)6-10-21/h3-10,26H,11-17H2,1-2H3,(H,24,25). The van der Waals surface area contributed by atoms with E-state index >= 15 is 0 Å². The third-order valence-corrected chi connectivity index (χ3v) is 8.03. The number of piperidine rings is 1. The van der Waals surface area contributed by atoms with Gasteiger partial charge in [-0.05, 0) is 44.4 Å². The Bertz CT molecular complexity index is 1010. The molecule has 4 rings (SSSR count). The van der Waals surface area contributed by atoms with E-state index in [0.717, 1.165) is 24.5 Å². The number of hydrogen-bond acceptors (Lipinski definition) is 5. The lowest BCUT2D eigenvalue weighted by molar-refractivity contribution is 0.241. The molecule has 2 aromatic carbocycles. The fourth-order valence-electron chi connectivity index (χ4n) is 4.20. The molecule has 2 heterocycles. The zero-order chi connectivity index (χ0) is 21.2. The number of amidine groups is 1. The molecule has 1 spiro atoms. The number of aryl methyl sites for hydroxylation is 2. The van der Waals surface area contributed by atoms with Crippen LogP contribution >= 0.6 is 0 Å². The maximum Gasteiger partial charge on any atom is 0.243 e. The van der Waals surface area contributed by atoms with Crippen LogP contribution in [0.5, 0.6) is 0 Å². The Balaban J connectivity index is 1.44. The molecule has 0 bridgehead atoms. The molecule has 30 heavy (non-hydrogen) atoms. The first-order valence-electron chi connectivity index (χ1n) is 10.6. The number of sulfonamides is 1. The summed E-state index contributed by atoms with van der Waals surface area (Å²) in [5.74, 6) is 0.960. The van der Waals surface area contributed by atoms with Crippen LogP contribution < -0.4 is 10.6 Å². The van der Waals surface area contributed by atoms with Crippen molar-refractivity contribution in [2.75, 3.05) is 26.2 Å². The van der Waals surface area contributed by atoms with Gasteiger partial charge < -0.3 is 10.6 Å². The minimum absolute atomic E-state index is 0.276. The number of aliphatic imine (C=N–C) groups is 1. The van der Waals surface area contributed by atoms with Gasteiger partial charge >= 0.3 is 0 Å². The van der Waals surface area contributed by atoms with Gasteiger partial charge in [-0.1, -0.05) is 47.5 Å². The van der Waals surface area contributed by atoms with Crippen LogP contribution in [0.25, 0.3) is 0 Å². The molecular formula is C23H30N4O2S. The van der Waals surface area contributed by atoms with Gasteiger partial charge in [-0.25, -0.2) is 8.42 Å². The van der Waals surface area contributed by atoms with Crippen molar-refractivity contribution in [3.63, 3.8) is 0 Å². The molecule has 7 heteroatoms. The van der Waals surface area contributed by atoms with Crippen LogP contribution in [0.4, 0.5) is 0 Å². The Morgan fingerprint density at radius 2 is 1.60 bits per heavy atom. The van der Waals surface area contributed by atoms with Crippen molar-refractivity contribution in [1.29, 1.82) is 0 Å². The van der Waals surface area contributed by atoms with E-state index in [1.165, 1.54) is 11.1 Å². The average molecular weight is 427 g/mol. The Morgan fingerprint density at radius 1 is 1.00 bits per heavy atom. The van der Waals surface area contributed by atoms with Gasteiger partial charge in [-0.3, -0.25) is 4.99 Å². The number of rotatable bonds is 4. The van der Waals surface area contributed by atoms with Crippen LogP contribution in [-0.4, -0.2) is 50.3 Å². The number of nitrogens with one attached hydrogen (secondary N) is 2. The molecule has 0 aromatic heterocycles. The predicted octanol–water partition coefficient (Wildman–Crippen LogP) is 2.62. The molecule has 1 fully saturated rings. The van der Waals surface area contributed by atoms with Crippen molar-refractivity contribution < 1.29 is 8.42 Å². The third kappa shape index (κ3) is 4.29. The monoisotopic (exact) mass is 426 g/mol. The van der Waals surface area contributed by atoms with E-state index in [9.17, 15) is 8.42 Å². The number of hydrogen-bond donors (Lipinski definition) is 2. The van der Waals surface area contributed by atoms with Crippen molar-refractivity contribution in [1.82, 2.24) is 14.9 Å². The second kappa shape index (κ2) is 8.49. The highest BCUT2D eigenvalue weighted by atomic mass is 32.2. The molecule has 2 aromatic rings. The number of benzene rings is 2. The molecule has 0 unspecified atom stereocenters. The van der Waals surface area contributed by atoms with E-state index < -0.39 is 10.0 Å². The SMILES string of the molecule is Cc1ccc(CNC2=NCCNC23CCN(S(=O)(=O)c2ccc(C)cc2)CC3)cc1.